The third-order valence-corrected chi connectivity index (χ3v) is 6.87. The first-order chi connectivity index (χ1) is 14.2. The van der Waals surface area contributed by atoms with Crippen LogP contribution >= 0.6 is 0 Å². The molecule has 5 rings (SSSR count). The number of H-pyrrole nitrogens is 1. The molecule has 1 aromatic heterocycles. The number of fused-ring (bicyclic) bond motifs is 1. The number of allylic oxidation sites excluding steroid dienone is 2. The SMILES string of the molecule is O=C(C1CC=C(c2ccccc2CO)CC1)N(C1CC1)C1CCc2[nH]ncc2C1. The van der Waals surface area contributed by atoms with E-state index in [2.05, 4.69) is 27.2 Å². The average Bonchev–Trinajstić information content (AvgIpc) is 3.49. The van der Waals surface area contributed by atoms with E-state index in [-0.39, 0.29) is 12.5 Å². The molecular formula is C24H29N3O2. The second-order valence-electron chi connectivity index (χ2n) is 8.76. The summed E-state index contributed by atoms with van der Waals surface area (Å²) in [6.07, 6.45) is 12.0. The molecule has 0 bridgehead atoms. The maximum atomic E-state index is 13.5. The summed E-state index contributed by atoms with van der Waals surface area (Å²) in [7, 11) is 0. The van der Waals surface area contributed by atoms with Crippen LogP contribution in [0.15, 0.2) is 36.5 Å². The van der Waals surface area contributed by atoms with Crippen LogP contribution in [0.5, 0.6) is 0 Å². The Hall–Kier alpha value is -2.40. The van der Waals surface area contributed by atoms with Crippen LogP contribution < -0.4 is 0 Å². The topological polar surface area (TPSA) is 69.2 Å². The summed E-state index contributed by atoms with van der Waals surface area (Å²) in [5.74, 6) is 0.446. The lowest BCUT2D eigenvalue weighted by atomic mass is 9.83. The van der Waals surface area contributed by atoms with E-state index in [1.165, 1.54) is 16.8 Å². The maximum Gasteiger partial charge on any atom is 0.226 e. The van der Waals surface area contributed by atoms with Gasteiger partial charge in [0.1, 0.15) is 0 Å². The Morgan fingerprint density at radius 3 is 2.76 bits per heavy atom. The van der Waals surface area contributed by atoms with Gasteiger partial charge < -0.3 is 10.0 Å². The van der Waals surface area contributed by atoms with E-state index in [1.807, 2.05) is 24.4 Å². The first-order valence-corrected chi connectivity index (χ1v) is 11.0. The molecule has 3 aliphatic carbocycles. The fourth-order valence-electron chi connectivity index (χ4n) is 5.13. The summed E-state index contributed by atoms with van der Waals surface area (Å²) in [4.78, 5) is 15.8. The quantitative estimate of drug-likeness (QED) is 0.818. The highest BCUT2D eigenvalue weighted by Gasteiger charge is 2.41. The summed E-state index contributed by atoms with van der Waals surface area (Å²) in [5, 5.41) is 16.9. The molecule has 0 aliphatic heterocycles. The number of amides is 1. The van der Waals surface area contributed by atoms with Crippen molar-refractivity contribution >= 4 is 11.5 Å². The second-order valence-corrected chi connectivity index (χ2v) is 8.76. The van der Waals surface area contributed by atoms with Gasteiger partial charge in [-0.3, -0.25) is 9.89 Å². The van der Waals surface area contributed by atoms with Gasteiger partial charge in [0.2, 0.25) is 5.91 Å². The number of carbonyl (C=O) groups excluding carboxylic acids is 1. The number of hydrogen-bond acceptors (Lipinski definition) is 3. The van der Waals surface area contributed by atoms with Gasteiger partial charge in [0.25, 0.3) is 0 Å². The van der Waals surface area contributed by atoms with E-state index >= 15 is 0 Å². The Labute approximate surface area is 171 Å². The fraction of sp³-hybridized carbons (Fsp3) is 0.500. The number of aryl methyl sites for hydroxylation is 1. The molecular weight excluding hydrogens is 362 g/mol. The maximum absolute atomic E-state index is 13.5. The molecule has 1 fully saturated rings. The first-order valence-electron chi connectivity index (χ1n) is 11.0. The summed E-state index contributed by atoms with van der Waals surface area (Å²) in [6, 6.07) is 8.82. The van der Waals surface area contributed by atoms with Crippen molar-refractivity contribution in [3.63, 3.8) is 0 Å². The number of benzene rings is 1. The smallest absolute Gasteiger partial charge is 0.226 e. The molecule has 0 saturated heterocycles. The lowest BCUT2D eigenvalue weighted by Crippen LogP contribution is -2.47. The normalized spacial score (nSPS) is 24.0. The predicted octanol–water partition coefficient (Wildman–Crippen LogP) is 3.63. The monoisotopic (exact) mass is 391 g/mol. The molecule has 5 heteroatoms. The number of nitrogens with zero attached hydrogens (tertiary/aromatic N) is 2. The minimum atomic E-state index is 0.0585. The Kier molecular flexibility index (Phi) is 5.00. The van der Waals surface area contributed by atoms with E-state index in [0.29, 0.717) is 18.0 Å². The van der Waals surface area contributed by atoms with Crippen molar-refractivity contribution in [3.05, 3.63) is 58.9 Å². The van der Waals surface area contributed by atoms with Crippen LogP contribution in [0.4, 0.5) is 0 Å². The highest BCUT2D eigenvalue weighted by Crippen LogP contribution is 2.38. The van der Waals surface area contributed by atoms with Crippen LogP contribution in [0, 0.1) is 5.92 Å². The lowest BCUT2D eigenvalue weighted by Gasteiger charge is -2.37. The third kappa shape index (κ3) is 3.64. The molecule has 2 unspecified atom stereocenters. The van der Waals surface area contributed by atoms with E-state index in [0.717, 1.165) is 62.5 Å². The zero-order valence-corrected chi connectivity index (χ0v) is 16.8. The zero-order chi connectivity index (χ0) is 19.8. The van der Waals surface area contributed by atoms with Crippen LogP contribution in [-0.4, -0.2) is 38.2 Å². The number of rotatable bonds is 5. The van der Waals surface area contributed by atoms with Crippen molar-refractivity contribution in [1.29, 1.82) is 0 Å². The number of aliphatic hydroxyl groups is 1. The number of nitrogens with one attached hydrogen (secondary N) is 1. The predicted molar refractivity (Wildman–Crippen MR) is 112 cm³/mol. The van der Waals surface area contributed by atoms with Crippen LogP contribution in [0.2, 0.25) is 0 Å². The standard InChI is InChI=1S/C24H29N3O2/c28-15-18-3-1-2-4-22(18)16-5-7-17(8-6-16)24(29)27(20-9-10-20)21-11-12-23-19(13-21)14-25-26-23/h1-5,14,17,20-21,28H,6-13,15H2,(H,25,26). The average molecular weight is 392 g/mol. The van der Waals surface area contributed by atoms with E-state index in [1.54, 1.807) is 0 Å². The Morgan fingerprint density at radius 2 is 2.00 bits per heavy atom. The molecule has 1 heterocycles. The highest BCUT2D eigenvalue weighted by atomic mass is 16.3. The van der Waals surface area contributed by atoms with Gasteiger partial charge in [-0.2, -0.15) is 5.10 Å². The number of aromatic nitrogens is 2. The van der Waals surface area contributed by atoms with Crippen molar-refractivity contribution in [2.24, 2.45) is 5.92 Å². The number of hydrogen-bond donors (Lipinski definition) is 2. The van der Waals surface area contributed by atoms with Crippen molar-refractivity contribution < 1.29 is 9.90 Å². The largest absolute Gasteiger partial charge is 0.392 e. The number of carbonyl (C=O) groups is 1. The van der Waals surface area contributed by atoms with Crippen LogP contribution in [0.1, 0.15) is 60.9 Å². The van der Waals surface area contributed by atoms with Gasteiger partial charge in [-0.1, -0.05) is 30.3 Å². The molecule has 2 N–H and O–H groups in total. The van der Waals surface area contributed by atoms with Crippen molar-refractivity contribution in [2.45, 2.75) is 70.1 Å². The van der Waals surface area contributed by atoms with Crippen molar-refractivity contribution in [2.75, 3.05) is 0 Å². The number of aromatic amines is 1. The zero-order valence-electron chi connectivity index (χ0n) is 16.8. The van der Waals surface area contributed by atoms with E-state index < -0.39 is 0 Å². The molecule has 3 aliphatic rings. The van der Waals surface area contributed by atoms with E-state index in [4.69, 9.17) is 0 Å². The number of aliphatic hydroxyl groups excluding tert-OH is 1. The van der Waals surface area contributed by atoms with Crippen LogP contribution in [0.3, 0.4) is 0 Å². The third-order valence-electron chi connectivity index (χ3n) is 6.87. The minimum Gasteiger partial charge on any atom is -0.392 e. The van der Waals surface area contributed by atoms with Gasteiger partial charge in [-0.05, 0) is 73.6 Å². The molecule has 0 radical (unpaired) electrons. The summed E-state index contributed by atoms with van der Waals surface area (Å²) < 4.78 is 0. The van der Waals surface area contributed by atoms with Gasteiger partial charge in [0, 0.05) is 23.7 Å². The minimum absolute atomic E-state index is 0.0585. The van der Waals surface area contributed by atoms with Crippen LogP contribution in [0.25, 0.3) is 5.57 Å². The summed E-state index contributed by atoms with van der Waals surface area (Å²) in [6.45, 7) is 0.0585. The molecule has 1 aromatic carbocycles. The van der Waals surface area contributed by atoms with Gasteiger partial charge in [0.05, 0.1) is 12.8 Å². The summed E-state index contributed by atoms with van der Waals surface area (Å²) >= 11 is 0. The molecule has 1 saturated carbocycles. The highest BCUT2D eigenvalue weighted by molar-refractivity contribution is 5.82. The molecule has 2 atom stereocenters. The fourth-order valence-corrected chi connectivity index (χ4v) is 5.13. The van der Waals surface area contributed by atoms with Gasteiger partial charge >= 0.3 is 0 Å². The van der Waals surface area contributed by atoms with Gasteiger partial charge in [-0.15, -0.1) is 0 Å². The first kappa shape index (κ1) is 18.6. The second kappa shape index (κ2) is 7.79. The Balaban J connectivity index is 1.31. The van der Waals surface area contributed by atoms with Gasteiger partial charge in [-0.25, -0.2) is 0 Å². The Bertz CT molecular complexity index is 928. The van der Waals surface area contributed by atoms with Crippen LogP contribution in [-0.2, 0) is 24.2 Å². The van der Waals surface area contributed by atoms with E-state index in [9.17, 15) is 9.90 Å². The summed E-state index contributed by atoms with van der Waals surface area (Å²) in [5.41, 5.74) is 5.92. The molecule has 29 heavy (non-hydrogen) atoms. The lowest BCUT2D eigenvalue weighted by molar-refractivity contribution is -0.139. The van der Waals surface area contributed by atoms with Crippen molar-refractivity contribution in [3.8, 4) is 0 Å². The van der Waals surface area contributed by atoms with Gasteiger partial charge in [0.15, 0.2) is 0 Å². The molecule has 5 nitrogen and oxygen atoms in total. The molecule has 2 aromatic rings. The molecule has 1 amide bonds. The van der Waals surface area contributed by atoms with Crippen molar-refractivity contribution in [1.82, 2.24) is 15.1 Å². The molecule has 0 spiro atoms. The Morgan fingerprint density at radius 1 is 1.14 bits per heavy atom. The molecule has 152 valence electrons.